The van der Waals surface area contributed by atoms with Crippen LogP contribution in [0.25, 0.3) is 0 Å². The number of aromatic nitrogens is 3. The third-order valence-corrected chi connectivity index (χ3v) is 4.78. The minimum Gasteiger partial charge on any atom is -0.481 e. The fourth-order valence-electron chi connectivity index (χ4n) is 3.32. The Labute approximate surface area is 171 Å². The lowest BCUT2D eigenvalue weighted by Crippen LogP contribution is -2.38. The number of carbonyl (C=O) groups is 1. The molecule has 1 amide bonds. The van der Waals surface area contributed by atoms with Crippen LogP contribution in [0.15, 0.2) is 12.1 Å². The van der Waals surface area contributed by atoms with E-state index in [1.807, 2.05) is 17.9 Å². The summed E-state index contributed by atoms with van der Waals surface area (Å²) in [7, 11) is 3.08. The molecule has 2 aromatic rings. The van der Waals surface area contributed by atoms with E-state index in [-0.39, 0.29) is 12.5 Å². The molecule has 3 rings (SSSR count). The van der Waals surface area contributed by atoms with Gasteiger partial charge in [-0.15, -0.1) is 0 Å². The second kappa shape index (κ2) is 8.93. The average Bonchev–Trinajstić information content (AvgIpc) is 2.73. The smallest absolute Gasteiger partial charge is 0.244 e. The fraction of sp³-hybridized carbons (Fsp3) is 0.500. The highest BCUT2D eigenvalue weighted by Gasteiger charge is 2.31. The van der Waals surface area contributed by atoms with Crippen LogP contribution in [-0.4, -0.2) is 54.7 Å². The van der Waals surface area contributed by atoms with Crippen molar-refractivity contribution in [3.05, 3.63) is 18.0 Å². The molecule has 29 heavy (non-hydrogen) atoms. The van der Waals surface area contributed by atoms with E-state index in [4.69, 9.17) is 9.47 Å². The Balaban J connectivity index is 2.13. The molecule has 1 aliphatic heterocycles. The number of fused-ring (bicyclic) bond motifs is 1. The first-order valence-electron chi connectivity index (χ1n) is 9.82. The number of hydrogen-bond acceptors (Lipinski definition) is 8. The van der Waals surface area contributed by atoms with E-state index < -0.39 is 0 Å². The van der Waals surface area contributed by atoms with E-state index in [2.05, 4.69) is 39.0 Å². The zero-order chi connectivity index (χ0) is 21.0. The normalized spacial score (nSPS) is 13.0. The number of ether oxygens (including phenoxy) is 2. The number of pyridine rings is 1. The predicted molar refractivity (Wildman–Crippen MR) is 113 cm³/mol. The molecule has 9 nitrogen and oxygen atoms in total. The second-order valence-corrected chi connectivity index (χ2v) is 6.74. The van der Waals surface area contributed by atoms with Crippen LogP contribution in [-0.2, 0) is 4.79 Å². The molecule has 2 aromatic heterocycles. The minimum absolute atomic E-state index is 0.106. The number of amides is 1. The Morgan fingerprint density at radius 1 is 1.17 bits per heavy atom. The lowest BCUT2D eigenvalue weighted by atomic mass is 10.2. The van der Waals surface area contributed by atoms with Crippen LogP contribution >= 0.6 is 0 Å². The van der Waals surface area contributed by atoms with E-state index in [0.29, 0.717) is 34.8 Å². The highest BCUT2D eigenvalue weighted by molar-refractivity contribution is 6.05. The van der Waals surface area contributed by atoms with Gasteiger partial charge in [-0.1, -0.05) is 13.3 Å². The summed E-state index contributed by atoms with van der Waals surface area (Å²) in [5.74, 6) is 2.66. The number of aryl methyl sites for hydroxylation is 1. The van der Waals surface area contributed by atoms with E-state index in [1.54, 1.807) is 13.2 Å². The third-order valence-electron chi connectivity index (χ3n) is 4.78. The monoisotopic (exact) mass is 400 g/mol. The molecule has 0 aromatic carbocycles. The number of unbranched alkanes of at least 4 members (excludes halogenated alkanes) is 1. The van der Waals surface area contributed by atoms with Crippen molar-refractivity contribution < 1.29 is 14.3 Å². The van der Waals surface area contributed by atoms with Crippen molar-refractivity contribution in [2.75, 3.05) is 49.0 Å². The summed E-state index contributed by atoms with van der Waals surface area (Å²) in [6, 6.07) is 3.55. The standard InChI is InChI=1S/C20H28N6O3/c1-6-8-11-25(7-2)18-17-19(22-13(3)21-18)26(12-15(27)23-17)14-9-10-16(28-4)24-20(14)29-5/h9-10H,6-8,11-12H2,1-5H3,(H,23,27). The van der Waals surface area contributed by atoms with Gasteiger partial charge in [-0.05, 0) is 26.3 Å². The Hall–Kier alpha value is -3.10. The molecule has 0 radical (unpaired) electrons. The van der Waals surface area contributed by atoms with Gasteiger partial charge in [0.25, 0.3) is 0 Å². The number of anilines is 4. The quantitative estimate of drug-likeness (QED) is 0.723. The maximum atomic E-state index is 12.6. The molecule has 9 heteroatoms. The first kappa shape index (κ1) is 20.6. The first-order valence-corrected chi connectivity index (χ1v) is 9.82. The zero-order valence-electron chi connectivity index (χ0n) is 17.7. The van der Waals surface area contributed by atoms with Gasteiger partial charge in [0.15, 0.2) is 11.6 Å². The molecule has 0 unspecified atom stereocenters. The van der Waals surface area contributed by atoms with E-state index in [9.17, 15) is 4.79 Å². The maximum Gasteiger partial charge on any atom is 0.244 e. The number of methoxy groups -OCH3 is 2. The molecule has 0 spiro atoms. The van der Waals surface area contributed by atoms with Crippen LogP contribution in [0.2, 0.25) is 0 Å². The topological polar surface area (TPSA) is 92.7 Å². The van der Waals surface area contributed by atoms with Gasteiger partial charge < -0.3 is 24.6 Å². The SMILES string of the molecule is CCCCN(CC)c1nc(C)nc2c1NC(=O)CN2c1ccc(OC)nc1OC. The lowest BCUT2D eigenvalue weighted by Gasteiger charge is -2.33. The Kier molecular flexibility index (Phi) is 6.36. The Bertz CT molecular complexity index is 889. The summed E-state index contributed by atoms with van der Waals surface area (Å²) >= 11 is 0. The van der Waals surface area contributed by atoms with Crippen LogP contribution in [0.1, 0.15) is 32.5 Å². The summed E-state index contributed by atoms with van der Waals surface area (Å²) in [5.41, 5.74) is 1.26. The molecule has 156 valence electrons. The summed E-state index contributed by atoms with van der Waals surface area (Å²) in [6.45, 7) is 7.84. The van der Waals surface area contributed by atoms with Crippen molar-refractivity contribution in [3.8, 4) is 11.8 Å². The molecular formula is C20H28N6O3. The van der Waals surface area contributed by atoms with Crippen LogP contribution in [0, 0.1) is 6.92 Å². The largest absolute Gasteiger partial charge is 0.481 e. The van der Waals surface area contributed by atoms with Crippen molar-refractivity contribution in [1.29, 1.82) is 0 Å². The number of rotatable bonds is 8. The van der Waals surface area contributed by atoms with Gasteiger partial charge in [-0.25, -0.2) is 9.97 Å². The van der Waals surface area contributed by atoms with E-state index in [0.717, 1.165) is 31.7 Å². The van der Waals surface area contributed by atoms with Crippen molar-refractivity contribution >= 4 is 28.9 Å². The van der Waals surface area contributed by atoms with Gasteiger partial charge in [0.2, 0.25) is 17.7 Å². The molecule has 0 atom stereocenters. The molecule has 0 aliphatic carbocycles. The Morgan fingerprint density at radius 2 is 1.97 bits per heavy atom. The molecule has 1 N–H and O–H groups in total. The van der Waals surface area contributed by atoms with Gasteiger partial charge in [0.1, 0.15) is 23.7 Å². The number of carbonyl (C=O) groups excluding carboxylic acids is 1. The van der Waals surface area contributed by atoms with Crippen molar-refractivity contribution in [3.63, 3.8) is 0 Å². The minimum atomic E-state index is -0.143. The van der Waals surface area contributed by atoms with Crippen LogP contribution in [0.5, 0.6) is 11.8 Å². The summed E-state index contributed by atoms with van der Waals surface area (Å²) in [6.07, 6.45) is 2.12. The molecule has 1 aliphatic rings. The van der Waals surface area contributed by atoms with Gasteiger partial charge in [-0.3, -0.25) is 4.79 Å². The van der Waals surface area contributed by atoms with E-state index >= 15 is 0 Å². The van der Waals surface area contributed by atoms with Crippen LogP contribution in [0.4, 0.5) is 23.0 Å². The highest BCUT2D eigenvalue weighted by Crippen LogP contribution is 2.42. The van der Waals surface area contributed by atoms with Crippen molar-refractivity contribution in [2.24, 2.45) is 0 Å². The predicted octanol–water partition coefficient (Wildman–Crippen LogP) is 2.91. The summed E-state index contributed by atoms with van der Waals surface area (Å²) < 4.78 is 10.6. The van der Waals surface area contributed by atoms with E-state index in [1.165, 1.54) is 7.11 Å². The number of hydrogen-bond donors (Lipinski definition) is 1. The zero-order valence-corrected chi connectivity index (χ0v) is 17.7. The van der Waals surface area contributed by atoms with Crippen molar-refractivity contribution in [2.45, 2.75) is 33.6 Å². The lowest BCUT2D eigenvalue weighted by molar-refractivity contribution is -0.115. The van der Waals surface area contributed by atoms with Crippen LogP contribution < -0.4 is 24.6 Å². The summed E-state index contributed by atoms with van der Waals surface area (Å²) in [5, 5.41) is 2.97. The van der Waals surface area contributed by atoms with Gasteiger partial charge >= 0.3 is 0 Å². The molecule has 0 bridgehead atoms. The first-order chi connectivity index (χ1) is 14.0. The van der Waals surface area contributed by atoms with Crippen molar-refractivity contribution in [1.82, 2.24) is 15.0 Å². The third kappa shape index (κ3) is 4.18. The average molecular weight is 400 g/mol. The molecular weight excluding hydrogens is 372 g/mol. The fourth-order valence-corrected chi connectivity index (χ4v) is 3.32. The van der Waals surface area contributed by atoms with Gasteiger partial charge in [0.05, 0.1) is 14.2 Å². The molecule has 0 saturated heterocycles. The molecule has 3 heterocycles. The summed E-state index contributed by atoms with van der Waals surface area (Å²) in [4.78, 5) is 30.2. The Morgan fingerprint density at radius 3 is 2.62 bits per heavy atom. The number of nitrogens with zero attached hydrogens (tertiary/aromatic N) is 5. The molecule has 0 saturated carbocycles. The molecule has 0 fully saturated rings. The highest BCUT2D eigenvalue weighted by atomic mass is 16.5. The number of nitrogens with one attached hydrogen (secondary N) is 1. The second-order valence-electron chi connectivity index (χ2n) is 6.74. The van der Waals surface area contributed by atoms with Crippen LogP contribution in [0.3, 0.4) is 0 Å². The van der Waals surface area contributed by atoms with Gasteiger partial charge in [0, 0.05) is 19.2 Å². The van der Waals surface area contributed by atoms with Gasteiger partial charge in [-0.2, -0.15) is 4.98 Å². The maximum absolute atomic E-state index is 12.6.